The van der Waals surface area contributed by atoms with Crippen LogP contribution in [0.4, 0.5) is 5.69 Å². The molecule has 2 aliphatic heterocycles. The second-order valence-electron chi connectivity index (χ2n) is 14.0. The minimum Gasteiger partial charge on any atom is -0.456 e. The molecule has 2 aromatic carbocycles. The Bertz CT molecular complexity index is 2110. The second-order valence-corrected chi connectivity index (χ2v) is 14.0. The minimum atomic E-state index is -1.18. The number of primary amides is 1. The van der Waals surface area contributed by atoms with Gasteiger partial charge in [0.25, 0.3) is 11.8 Å². The number of nitrogens with zero attached hydrogens (tertiary/aromatic N) is 4. The van der Waals surface area contributed by atoms with Gasteiger partial charge in [-0.3, -0.25) is 14.4 Å². The SMILES string of the molecule is CCN(CC)c1ccc2c(-c3ccccc3C(=O)O[C@@H](C)C(=O)N3CCC[C@H]3C(=O)N(C)/C(=C\C(C)C)C(N)=O)c3ccc(=[N+](CC)CC)cc-3oc2c1. The topological polar surface area (TPSA) is 129 Å². The summed E-state index contributed by atoms with van der Waals surface area (Å²) >= 11 is 0. The lowest BCUT2D eigenvalue weighted by atomic mass is 9.90. The Labute approximate surface area is 318 Å². The molecule has 286 valence electrons. The fourth-order valence-electron chi connectivity index (χ4n) is 7.42. The molecule has 1 saturated heterocycles. The number of allylic oxidation sites excluding steroid dienone is 1. The van der Waals surface area contributed by atoms with Crippen molar-refractivity contribution in [2.24, 2.45) is 11.7 Å². The molecule has 2 aromatic rings. The molecule has 3 amide bonds. The number of nitrogens with two attached hydrogens (primary N) is 1. The quantitative estimate of drug-likeness (QED) is 0.0786. The van der Waals surface area contributed by atoms with Crippen molar-refractivity contribution in [2.75, 3.05) is 44.7 Å². The van der Waals surface area contributed by atoms with Gasteiger partial charge in [-0.25, -0.2) is 9.37 Å². The molecular weight excluding hydrogens is 683 g/mol. The summed E-state index contributed by atoms with van der Waals surface area (Å²) in [6.45, 7) is 17.4. The molecule has 1 aliphatic carbocycles. The maximum Gasteiger partial charge on any atom is 0.339 e. The van der Waals surface area contributed by atoms with E-state index >= 15 is 0 Å². The largest absolute Gasteiger partial charge is 0.456 e. The normalized spacial score (nSPS) is 15.1. The number of likely N-dealkylation sites (N-methyl/N-ethyl adjacent to an activating group) is 1. The van der Waals surface area contributed by atoms with E-state index in [0.717, 1.165) is 53.7 Å². The Hall–Kier alpha value is -5.45. The van der Waals surface area contributed by atoms with Crippen LogP contribution in [0.5, 0.6) is 0 Å². The number of benzene rings is 3. The van der Waals surface area contributed by atoms with Crippen LogP contribution in [0.15, 0.2) is 76.9 Å². The monoisotopic (exact) mass is 736 g/mol. The Morgan fingerprint density at radius 2 is 1.67 bits per heavy atom. The van der Waals surface area contributed by atoms with Crippen molar-refractivity contribution >= 4 is 40.3 Å². The lowest BCUT2D eigenvalue weighted by Gasteiger charge is -2.30. The Morgan fingerprint density at radius 3 is 2.31 bits per heavy atom. The average molecular weight is 737 g/mol. The summed E-state index contributed by atoms with van der Waals surface area (Å²) in [6, 6.07) is 18.7. The second kappa shape index (κ2) is 17.1. The van der Waals surface area contributed by atoms with E-state index in [1.54, 1.807) is 18.2 Å². The summed E-state index contributed by atoms with van der Waals surface area (Å²) in [6.07, 6.45) is 1.45. The number of likely N-dealkylation sites (tertiary alicyclic amines) is 1. The fourth-order valence-corrected chi connectivity index (χ4v) is 7.42. The first-order valence-electron chi connectivity index (χ1n) is 19.1. The number of carbonyl (C=O) groups excluding carboxylic acids is 4. The molecule has 0 unspecified atom stereocenters. The van der Waals surface area contributed by atoms with Gasteiger partial charge < -0.3 is 29.6 Å². The predicted molar refractivity (Wildman–Crippen MR) is 213 cm³/mol. The van der Waals surface area contributed by atoms with Crippen LogP contribution in [0, 0.1) is 5.92 Å². The number of amides is 3. The van der Waals surface area contributed by atoms with Crippen LogP contribution in [0.25, 0.3) is 33.4 Å². The van der Waals surface area contributed by atoms with Gasteiger partial charge in [0.05, 0.1) is 11.6 Å². The maximum absolute atomic E-state index is 14.1. The molecule has 2 N–H and O–H groups in total. The molecular formula is C43H54N5O6+. The van der Waals surface area contributed by atoms with E-state index < -0.39 is 35.8 Å². The first-order valence-corrected chi connectivity index (χ1v) is 19.1. The number of esters is 1. The summed E-state index contributed by atoms with van der Waals surface area (Å²) in [5, 5.41) is 1.87. The summed E-state index contributed by atoms with van der Waals surface area (Å²) in [7, 11) is 1.49. The summed E-state index contributed by atoms with van der Waals surface area (Å²) < 4.78 is 14.8. The maximum atomic E-state index is 14.1. The van der Waals surface area contributed by atoms with Gasteiger partial charge in [0.15, 0.2) is 6.10 Å². The molecule has 11 heteroatoms. The molecule has 0 spiro atoms. The fraction of sp³-hybridized carbons (Fsp3) is 0.419. The number of rotatable bonds is 13. The third kappa shape index (κ3) is 8.05. The van der Waals surface area contributed by atoms with E-state index in [1.807, 2.05) is 50.2 Å². The summed E-state index contributed by atoms with van der Waals surface area (Å²) in [4.78, 5) is 58.7. The smallest absolute Gasteiger partial charge is 0.339 e. The molecule has 0 bridgehead atoms. The van der Waals surface area contributed by atoms with Crippen LogP contribution in [0.1, 0.15) is 71.7 Å². The number of anilines is 1. The number of carbonyl (C=O) groups is 4. The van der Waals surface area contributed by atoms with E-state index in [0.29, 0.717) is 41.9 Å². The van der Waals surface area contributed by atoms with Crippen LogP contribution in [-0.4, -0.2) is 85.4 Å². The lowest BCUT2D eigenvalue weighted by molar-refractivity contribution is -0.147. The lowest BCUT2D eigenvalue weighted by Crippen LogP contribution is -2.50. The first-order chi connectivity index (χ1) is 25.8. The van der Waals surface area contributed by atoms with Crippen molar-refractivity contribution in [1.29, 1.82) is 0 Å². The zero-order chi connectivity index (χ0) is 39.3. The van der Waals surface area contributed by atoms with E-state index in [2.05, 4.69) is 49.3 Å². The van der Waals surface area contributed by atoms with Crippen molar-refractivity contribution in [2.45, 2.75) is 73.5 Å². The van der Waals surface area contributed by atoms with E-state index in [-0.39, 0.29) is 11.6 Å². The van der Waals surface area contributed by atoms with Crippen LogP contribution < -0.4 is 20.6 Å². The van der Waals surface area contributed by atoms with Crippen molar-refractivity contribution in [3.05, 3.63) is 83.4 Å². The Kier molecular flexibility index (Phi) is 12.6. The third-order valence-corrected chi connectivity index (χ3v) is 10.3. The van der Waals surface area contributed by atoms with Gasteiger partial charge >= 0.3 is 5.97 Å². The highest BCUT2D eigenvalue weighted by molar-refractivity contribution is 6.08. The van der Waals surface area contributed by atoms with E-state index in [9.17, 15) is 19.2 Å². The molecule has 5 rings (SSSR count). The van der Waals surface area contributed by atoms with Crippen molar-refractivity contribution in [1.82, 2.24) is 14.4 Å². The van der Waals surface area contributed by atoms with Gasteiger partial charge in [0.1, 0.15) is 36.2 Å². The standard InChI is InChI=1S/C43H53N5O6/c1-9-46(10-2)29-19-21-33-37(25-29)54-38-26-30(47(11-3)12-4)20-22-34(38)39(33)31-16-13-14-17-32(31)43(52)53-28(7)41(50)48-23-15-18-35(48)42(51)45(8)36(40(44)49)24-27(5)6/h13-14,16-17,19-22,24-28,35H,9-12,15,18,23H2,1-8H3,(H-,44,49)/p+1/b36-24-/t28-,35-/m0/s1. The first kappa shape index (κ1) is 39.8. The minimum absolute atomic E-state index is 0.0254. The Balaban J connectivity index is 1.52. The van der Waals surface area contributed by atoms with Crippen molar-refractivity contribution < 1.29 is 28.3 Å². The summed E-state index contributed by atoms with van der Waals surface area (Å²) in [5.74, 6) is -1.64. The molecule has 54 heavy (non-hydrogen) atoms. The number of ether oxygens (including phenoxy) is 1. The van der Waals surface area contributed by atoms with E-state index in [4.69, 9.17) is 14.9 Å². The molecule has 0 aromatic heterocycles. The van der Waals surface area contributed by atoms with E-state index in [1.165, 1.54) is 23.8 Å². The molecule has 0 radical (unpaired) electrons. The third-order valence-electron chi connectivity index (χ3n) is 10.3. The molecule has 1 fully saturated rings. The van der Waals surface area contributed by atoms with Gasteiger partial charge in [-0.2, -0.15) is 0 Å². The van der Waals surface area contributed by atoms with Gasteiger partial charge in [-0.1, -0.05) is 38.1 Å². The highest BCUT2D eigenvalue weighted by atomic mass is 16.5. The number of hydrogen-bond acceptors (Lipinski definition) is 7. The van der Waals surface area contributed by atoms with Crippen molar-refractivity contribution in [3.8, 4) is 22.5 Å². The highest BCUT2D eigenvalue weighted by Gasteiger charge is 2.39. The number of hydrogen-bond donors (Lipinski definition) is 1. The Morgan fingerprint density at radius 1 is 0.963 bits per heavy atom. The average Bonchev–Trinajstić information content (AvgIpc) is 3.66. The molecule has 11 nitrogen and oxygen atoms in total. The zero-order valence-corrected chi connectivity index (χ0v) is 32.8. The van der Waals surface area contributed by atoms with Crippen LogP contribution in [-0.2, 0) is 19.1 Å². The van der Waals surface area contributed by atoms with Crippen LogP contribution in [0.3, 0.4) is 0 Å². The van der Waals surface area contributed by atoms with Crippen molar-refractivity contribution in [3.63, 3.8) is 0 Å². The predicted octanol–water partition coefficient (Wildman–Crippen LogP) is 5.88. The van der Waals surface area contributed by atoms with Gasteiger partial charge in [0, 0.05) is 61.0 Å². The van der Waals surface area contributed by atoms with Crippen LogP contribution >= 0.6 is 0 Å². The molecule has 3 aliphatic rings. The van der Waals surface area contributed by atoms with Gasteiger partial charge in [-0.15, -0.1) is 0 Å². The highest BCUT2D eigenvalue weighted by Crippen LogP contribution is 2.42. The van der Waals surface area contributed by atoms with Gasteiger partial charge in [-0.05, 0) is 83.2 Å². The number of fused-ring (bicyclic) bond motifs is 2. The molecule has 0 saturated carbocycles. The van der Waals surface area contributed by atoms with Gasteiger partial charge in [0.2, 0.25) is 11.3 Å². The molecule has 2 atom stereocenters. The van der Waals surface area contributed by atoms with Crippen LogP contribution in [0.2, 0.25) is 0 Å². The molecule has 2 heterocycles. The summed E-state index contributed by atoms with van der Waals surface area (Å²) in [5.41, 5.74) is 10.00. The zero-order valence-electron chi connectivity index (χ0n) is 32.8.